The Hall–Kier alpha value is -0.630. The van der Waals surface area contributed by atoms with Crippen LogP contribution in [0.3, 0.4) is 0 Å². The van der Waals surface area contributed by atoms with Crippen LogP contribution in [-0.2, 0) is 10.2 Å². The van der Waals surface area contributed by atoms with E-state index in [4.69, 9.17) is 5.73 Å². The normalized spacial score (nSPS) is 11.9. The molecule has 0 amide bonds. The molecule has 0 fully saturated rings. The molecule has 0 saturated carbocycles. The maximum Gasteiger partial charge on any atom is 0.301 e. The summed E-state index contributed by atoms with van der Waals surface area (Å²) in [6, 6.07) is 3.59. The van der Waals surface area contributed by atoms with Gasteiger partial charge in [-0.1, -0.05) is 15.9 Å². The summed E-state index contributed by atoms with van der Waals surface area (Å²) in [5.41, 5.74) is 7.93. The van der Waals surface area contributed by atoms with E-state index in [2.05, 4.69) is 20.7 Å². The zero-order valence-electron chi connectivity index (χ0n) is 11.4. The maximum absolute atomic E-state index is 12.1. The van der Waals surface area contributed by atoms with Gasteiger partial charge in [0.25, 0.3) is 0 Å². The van der Waals surface area contributed by atoms with Crippen molar-refractivity contribution in [2.45, 2.75) is 20.3 Å². The van der Waals surface area contributed by atoms with E-state index in [-0.39, 0.29) is 0 Å². The fourth-order valence-corrected chi connectivity index (χ4v) is 2.84. The van der Waals surface area contributed by atoms with Crippen molar-refractivity contribution in [3.05, 3.63) is 27.7 Å². The summed E-state index contributed by atoms with van der Waals surface area (Å²) in [5, 5.41) is 0. The first kappa shape index (κ1) is 16.4. The molecule has 0 spiro atoms. The number of nitrogens with zero attached hydrogens (tertiary/aromatic N) is 1. The van der Waals surface area contributed by atoms with Gasteiger partial charge in [-0.3, -0.25) is 4.72 Å². The second-order valence-electron chi connectivity index (χ2n) is 4.49. The van der Waals surface area contributed by atoms with Crippen LogP contribution < -0.4 is 10.5 Å². The number of hydrogen-bond acceptors (Lipinski definition) is 3. The summed E-state index contributed by atoms with van der Waals surface area (Å²) in [6.45, 7) is 4.72. The third kappa shape index (κ3) is 4.45. The van der Waals surface area contributed by atoms with Crippen LogP contribution >= 0.6 is 15.9 Å². The van der Waals surface area contributed by atoms with Gasteiger partial charge in [0.15, 0.2) is 0 Å². The Morgan fingerprint density at radius 3 is 2.32 bits per heavy atom. The highest BCUT2D eigenvalue weighted by molar-refractivity contribution is 9.10. The van der Waals surface area contributed by atoms with Gasteiger partial charge in [-0.05, 0) is 50.1 Å². The molecule has 0 aliphatic rings. The Bertz CT molecular complexity index is 523. The molecule has 19 heavy (non-hydrogen) atoms. The quantitative estimate of drug-likeness (QED) is 0.824. The maximum atomic E-state index is 12.1. The lowest BCUT2D eigenvalue weighted by molar-refractivity contribution is 0.468. The van der Waals surface area contributed by atoms with Crippen LogP contribution in [0.15, 0.2) is 16.6 Å². The van der Waals surface area contributed by atoms with Crippen molar-refractivity contribution < 1.29 is 8.42 Å². The molecule has 0 aliphatic carbocycles. The van der Waals surface area contributed by atoms with Gasteiger partial charge in [-0.2, -0.15) is 12.7 Å². The molecule has 0 saturated heterocycles. The van der Waals surface area contributed by atoms with Crippen LogP contribution in [0.2, 0.25) is 0 Å². The third-order valence-corrected chi connectivity index (χ3v) is 5.52. The largest absolute Gasteiger partial charge is 0.330 e. The summed E-state index contributed by atoms with van der Waals surface area (Å²) in [7, 11) is -1.98. The number of nitrogens with one attached hydrogen (secondary N) is 1. The van der Waals surface area contributed by atoms with Crippen molar-refractivity contribution in [2.24, 2.45) is 5.73 Å². The number of halogens is 1. The molecule has 1 rings (SSSR count). The molecule has 108 valence electrons. The van der Waals surface area contributed by atoms with Gasteiger partial charge < -0.3 is 5.73 Å². The predicted molar refractivity (Wildman–Crippen MR) is 82.5 cm³/mol. The van der Waals surface area contributed by atoms with E-state index in [1.165, 1.54) is 11.4 Å². The van der Waals surface area contributed by atoms with Crippen molar-refractivity contribution in [3.8, 4) is 0 Å². The van der Waals surface area contributed by atoms with Gasteiger partial charge in [0.2, 0.25) is 0 Å². The van der Waals surface area contributed by atoms with E-state index in [1.807, 2.05) is 13.8 Å². The van der Waals surface area contributed by atoms with Crippen molar-refractivity contribution in [2.75, 3.05) is 24.9 Å². The average molecular weight is 350 g/mol. The summed E-state index contributed by atoms with van der Waals surface area (Å²) in [5.74, 6) is 0. The van der Waals surface area contributed by atoms with E-state index < -0.39 is 10.2 Å². The smallest absolute Gasteiger partial charge is 0.301 e. The van der Waals surface area contributed by atoms with Crippen LogP contribution in [0.5, 0.6) is 0 Å². The molecule has 5 nitrogen and oxygen atoms in total. The van der Waals surface area contributed by atoms with Crippen LogP contribution in [-0.4, -0.2) is 32.9 Å². The molecule has 0 radical (unpaired) electrons. The zero-order chi connectivity index (χ0) is 14.6. The molecule has 0 atom stereocenters. The second-order valence-corrected chi connectivity index (χ2v) is 7.07. The fraction of sp³-hybridized carbons (Fsp3) is 0.500. The molecule has 0 aliphatic heterocycles. The van der Waals surface area contributed by atoms with E-state index in [0.29, 0.717) is 25.2 Å². The number of benzene rings is 1. The third-order valence-electron chi connectivity index (χ3n) is 2.77. The minimum Gasteiger partial charge on any atom is -0.330 e. The average Bonchev–Trinajstić information content (AvgIpc) is 2.32. The second kappa shape index (κ2) is 6.69. The summed E-state index contributed by atoms with van der Waals surface area (Å²) in [6.07, 6.45) is 0.635. The minimum atomic E-state index is -3.52. The van der Waals surface area contributed by atoms with Crippen molar-refractivity contribution in [1.82, 2.24) is 4.31 Å². The molecule has 0 bridgehead atoms. The molecule has 3 N–H and O–H groups in total. The molecular formula is C12H20BrN3O2S. The SMILES string of the molecule is Cc1cc(NS(=O)(=O)N(C)CCCN)cc(C)c1Br. The molecule has 0 aromatic heterocycles. The van der Waals surface area contributed by atoms with Gasteiger partial charge in [-0.25, -0.2) is 0 Å². The van der Waals surface area contributed by atoms with Gasteiger partial charge in [-0.15, -0.1) is 0 Å². The highest BCUT2D eigenvalue weighted by Crippen LogP contribution is 2.25. The number of hydrogen-bond donors (Lipinski definition) is 2. The molecule has 7 heteroatoms. The topological polar surface area (TPSA) is 75.4 Å². The fourth-order valence-electron chi connectivity index (χ4n) is 1.67. The number of anilines is 1. The van der Waals surface area contributed by atoms with E-state index in [1.54, 1.807) is 12.1 Å². The van der Waals surface area contributed by atoms with E-state index in [0.717, 1.165) is 15.6 Å². The molecular weight excluding hydrogens is 330 g/mol. The lowest BCUT2D eigenvalue weighted by atomic mass is 10.1. The summed E-state index contributed by atoms with van der Waals surface area (Å²) < 4.78 is 29.0. The van der Waals surface area contributed by atoms with E-state index >= 15 is 0 Å². The first-order valence-corrected chi connectivity index (χ1v) is 8.22. The monoisotopic (exact) mass is 349 g/mol. The lowest BCUT2D eigenvalue weighted by Crippen LogP contribution is -2.34. The molecule has 1 aromatic carbocycles. The number of nitrogens with two attached hydrogens (primary N) is 1. The van der Waals surface area contributed by atoms with Gasteiger partial charge in [0.05, 0.1) is 5.69 Å². The highest BCUT2D eigenvalue weighted by Gasteiger charge is 2.17. The Morgan fingerprint density at radius 2 is 1.84 bits per heavy atom. The summed E-state index contributed by atoms with van der Waals surface area (Å²) >= 11 is 3.45. The van der Waals surface area contributed by atoms with Crippen LogP contribution in [0.4, 0.5) is 5.69 Å². The Labute approximate surface area is 123 Å². The first-order chi connectivity index (χ1) is 8.77. The van der Waals surface area contributed by atoms with Crippen LogP contribution in [0, 0.1) is 13.8 Å². The van der Waals surface area contributed by atoms with Crippen molar-refractivity contribution in [1.29, 1.82) is 0 Å². The summed E-state index contributed by atoms with van der Waals surface area (Å²) in [4.78, 5) is 0. The van der Waals surface area contributed by atoms with Gasteiger partial charge >= 0.3 is 10.2 Å². The van der Waals surface area contributed by atoms with Crippen molar-refractivity contribution in [3.63, 3.8) is 0 Å². The predicted octanol–water partition coefficient (Wildman–Crippen LogP) is 2.00. The van der Waals surface area contributed by atoms with Crippen LogP contribution in [0.25, 0.3) is 0 Å². The lowest BCUT2D eigenvalue weighted by Gasteiger charge is -2.18. The standard InChI is InChI=1S/C12H20BrN3O2S/c1-9-7-11(8-10(2)12(9)13)15-19(17,18)16(3)6-4-5-14/h7-8,15H,4-6,14H2,1-3H3. The zero-order valence-corrected chi connectivity index (χ0v) is 13.8. The molecule has 0 heterocycles. The minimum absolute atomic E-state index is 0.403. The van der Waals surface area contributed by atoms with E-state index in [9.17, 15) is 8.42 Å². The Kier molecular flexibility index (Phi) is 5.79. The number of rotatable bonds is 6. The number of aryl methyl sites for hydroxylation is 2. The van der Waals surface area contributed by atoms with Gasteiger partial charge in [0, 0.05) is 18.1 Å². The Balaban J connectivity index is 2.89. The van der Waals surface area contributed by atoms with Gasteiger partial charge in [0.1, 0.15) is 0 Å². The van der Waals surface area contributed by atoms with Crippen LogP contribution in [0.1, 0.15) is 17.5 Å². The van der Waals surface area contributed by atoms with Crippen molar-refractivity contribution >= 4 is 31.8 Å². The first-order valence-electron chi connectivity index (χ1n) is 5.99. The highest BCUT2D eigenvalue weighted by atomic mass is 79.9. The molecule has 1 aromatic rings. The molecule has 0 unspecified atom stereocenters. The Morgan fingerprint density at radius 1 is 1.32 bits per heavy atom.